The Morgan fingerprint density at radius 3 is 1.53 bits per heavy atom. The third-order valence-corrected chi connectivity index (χ3v) is 10.9. The molecule has 0 amide bonds. The van der Waals surface area contributed by atoms with Crippen molar-refractivity contribution in [2.75, 3.05) is 4.90 Å². The van der Waals surface area contributed by atoms with Gasteiger partial charge in [0.2, 0.25) is 0 Å². The van der Waals surface area contributed by atoms with E-state index < -0.39 is 0 Å². The van der Waals surface area contributed by atoms with E-state index in [1.807, 2.05) is 0 Å². The summed E-state index contributed by atoms with van der Waals surface area (Å²) >= 11 is 0. The fourth-order valence-corrected chi connectivity index (χ4v) is 7.99. The van der Waals surface area contributed by atoms with E-state index >= 15 is 0 Å². The molecule has 9 aromatic carbocycles. The number of benzene rings is 9. The minimum absolute atomic E-state index is 0.945. The number of para-hydroxylation sites is 2. The second kappa shape index (κ2) is 14.9. The number of hydrogen-bond donors (Lipinski definition) is 0. The van der Waals surface area contributed by atoms with Gasteiger partial charge in [-0.05, 0) is 116 Å². The molecule has 0 atom stereocenters. The monoisotopic (exact) mass is 726 g/mol. The predicted molar refractivity (Wildman–Crippen MR) is 241 cm³/mol. The SMILES string of the molecule is c1ccc(-c2ccc(-c3cc(-c4cccc(-c5ccc(N(c6ccccc6)c6ccccc6)cc5)c4)nc4ccc(-c5cccc6ccccc56)cc34)cc2)cc1. The first kappa shape index (κ1) is 34.0. The third-order valence-electron chi connectivity index (χ3n) is 10.9. The highest BCUT2D eigenvalue weighted by Crippen LogP contribution is 2.39. The summed E-state index contributed by atoms with van der Waals surface area (Å²) in [5, 5.41) is 3.61. The summed E-state index contributed by atoms with van der Waals surface area (Å²) in [6.45, 7) is 0. The molecule has 268 valence electrons. The molecule has 0 fully saturated rings. The van der Waals surface area contributed by atoms with Gasteiger partial charge in [0.25, 0.3) is 0 Å². The van der Waals surface area contributed by atoms with Gasteiger partial charge in [-0.1, -0.05) is 170 Å². The number of hydrogen-bond acceptors (Lipinski definition) is 2. The van der Waals surface area contributed by atoms with Crippen LogP contribution in [0.2, 0.25) is 0 Å². The van der Waals surface area contributed by atoms with E-state index in [0.717, 1.165) is 61.5 Å². The average Bonchev–Trinajstić information content (AvgIpc) is 3.30. The number of aromatic nitrogens is 1. The Kier molecular flexibility index (Phi) is 8.91. The lowest BCUT2D eigenvalue weighted by molar-refractivity contribution is 1.28. The highest BCUT2D eigenvalue weighted by molar-refractivity contribution is 6.03. The van der Waals surface area contributed by atoms with E-state index in [9.17, 15) is 0 Å². The summed E-state index contributed by atoms with van der Waals surface area (Å²) in [4.78, 5) is 7.62. The molecule has 1 heterocycles. The van der Waals surface area contributed by atoms with Crippen LogP contribution in [0.4, 0.5) is 17.1 Å². The Morgan fingerprint density at radius 1 is 0.281 bits per heavy atom. The van der Waals surface area contributed by atoms with Crippen LogP contribution in [0.5, 0.6) is 0 Å². The fourth-order valence-electron chi connectivity index (χ4n) is 7.99. The van der Waals surface area contributed by atoms with Crippen molar-refractivity contribution in [3.63, 3.8) is 0 Å². The van der Waals surface area contributed by atoms with Crippen LogP contribution in [0.1, 0.15) is 0 Å². The van der Waals surface area contributed by atoms with Crippen molar-refractivity contribution in [1.29, 1.82) is 0 Å². The molecule has 0 radical (unpaired) electrons. The molecule has 0 aliphatic rings. The molecule has 0 spiro atoms. The second-order valence-electron chi connectivity index (χ2n) is 14.4. The maximum Gasteiger partial charge on any atom is 0.0716 e. The van der Waals surface area contributed by atoms with Crippen molar-refractivity contribution < 1.29 is 0 Å². The maximum absolute atomic E-state index is 5.33. The molecule has 0 unspecified atom stereocenters. The van der Waals surface area contributed by atoms with Crippen LogP contribution in [0, 0.1) is 0 Å². The van der Waals surface area contributed by atoms with E-state index in [1.165, 1.54) is 33.0 Å². The number of fused-ring (bicyclic) bond motifs is 2. The minimum atomic E-state index is 0.945. The molecule has 0 aliphatic heterocycles. The smallest absolute Gasteiger partial charge is 0.0716 e. The lowest BCUT2D eigenvalue weighted by Crippen LogP contribution is -2.09. The Labute approximate surface area is 333 Å². The first-order valence-corrected chi connectivity index (χ1v) is 19.5. The molecule has 2 nitrogen and oxygen atoms in total. The highest BCUT2D eigenvalue weighted by atomic mass is 15.1. The fraction of sp³-hybridized carbons (Fsp3) is 0. The van der Waals surface area contributed by atoms with Crippen LogP contribution in [0.15, 0.2) is 231 Å². The summed E-state index contributed by atoms with van der Waals surface area (Å²) < 4.78 is 0. The number of rotatable bonds is 8. The molecule has 1 aromatic heterocycles. The Hall–Kier alpha value is -7.55. The second-order valence-corrected chi connectivity index (χ2v) is 14.4. The van der Waals surface area contributed by atoms with Crippen molar-refractivity contribution >= 4 is 38.7 Å². The molecule has 2 heteroatoms. The van der Waals surface area contributed by atoms with Crippen molar-refractivity contribution in [1.82, 2.24) is 4.98 Å². The van der Waals surface area contributed by atoms with Crippen molar-refractivity contribution in [2.45, 2.75) is 0 Å². The zero-order valence-electron chi connectivity index (χ0n) is 31.3. The quantitative estimate of drug-likeness (QED) is 0.155. The van der Waals surface area contributed by atoms with E-state index in [2.05, 4.69) is 235 Å². The highest BCUT2D eigenvalue weighted by Gasteiger charge is 2.15. The summed E-state index contributed by atoms with van der Waals surface area (Å²) in [6, 6.07) is 82.3. The van der Waals surface area contributed by atoms with Gasteiger partial charge in [-0.25, -0.2) is 4.98 Å². The molecule has 0 N–H and O–H groups in total. The van der Waals surface area contributed by atoms with Crippen molar-refractivity contribution in [2.24, 2.45) is 0 Å². The van der Waals surface area contributed by atoms with Crippen LogP contribution in [-0.4, -0.2) is 4.98 Å². The number of pyridine rings is 1. The van der Waals surface area contributed by atoms with Gasteiger partial charge >= 0.3 is 0 Å². The van der Waals surface area contributed by atoms with E-state index in [4.69, 9.17) is 4.98 Å². The van der Waals surface area contributed by atoms with Gasteiger partial charge in [0.1, 0.15) is 0 Å². The largest absolute Gasteiger partial charge is 0.311 e. The van der Waals surface area contributed by atoms with Crippen molar-refractivity contribution in [3.8, 4) is 55.8 Å². The Bertz CT molecular complexity index is 2930. The van der Waals surface area contributed by atoms with Crippen LogP contribution in [0.25, 0.3) is 77.4 Å². The zero-order valence-corrected chi connectivity index (χ0v) is 31.3. The molecule has 0 aliphatic carbocycles. The lowest BCUT2D eigenvalue weighted by atomic mass is 9.92. The molecule has 0 saturated heterocycles. The maximum atomic E-state index is 5.33. The number of nitrogens with zero attached hydrogens (tertiary/aromatic N) is 2. The zero-order chi connectivity index (χ0) is 38.0. The standard InChI is InChI=1S/C55H38N2/c1-4-14-39(15-5-1)40-26-28-43(29-27-40)52-38-55(56-54-35-32-45(37-53(52)54)51-25-13-17-42-16-10-11-24-50(42)51)46-19-12-18-44(36-46)41-30-33-49(34-31-41)57(47-20-6-2-7-21-47)48-22-8-3-9-23-48/h1-38H. The van der Waals surface area contributed by atoms with Gasteiger partial charge in [-0.2, -0.15) is 0 Å². The molecule has 0 saturated carbocycles. The van der Waals surface area contributed by atoms with Crippen LogP contribution < -0.4 is 4.90 Å². The van der Waals surface area contributed by atoms with Crippen LogP contribution >= 0.6 is 0 Å². The lowest BCUT2D eigenvalue weighted by Gasteiger charge is -2.25. The minimum Gasteiger partial charge on any atom is -0.311 e. The predicted octanol–water partition coefficient (Wildman–Crippen LogP) is 15.2. The van der Waals surface area contributed by atoms with Crippen LogP contribution in [0.3, 0.4) is 0 Å². The van der Waals surface area contributed by atoms with Gasteiger partial charge in [-0.15, -0.1) is 0 Å². The van der Waals surface area contributed by atoms with E-state index in [-0.39, 0.29) is 0 Å². The molecule has 0 bridgehead atoms. The topological polar surface area (TPSA) is 16.1 Å². The third kappa shape index (κ3) is 6.75. The molecule has 57 heavy (non-hydrogen) atoms. The van der Waals surface area contributed by atoms with E-state index in [0.29, 0.717) is 0 Å². The summed E-state index contributed by atoms with van der Waals surface area (Å²) in [6.07, 6.45) is 0. The summed E-state index contributed by atoms with van der Waals surface area (Å²) in [5.74, 6) is 0. The van der Waals surface area contributed by atoms with Gasteiger partial charge in [-0.3, -0.25) is 0 Å². The normalized spacial score (nSPS) is 11.2. The van der Waals surface area contributed by atoms with Gasteiger partial charge in [0.15, 0.2) is 0 Å². The molecular weight excluding hydrogens is 689 g/mol. The first-order valence-electron chi connectivity index (χ1n) is 19.5. The Balaban J connectivity index is 1.06. The Morgan fingerprint density at radius 2 is 0.789 bits per heavy atom. The van der Waals surface area contributed by atoms with E-state index in [1.54, 1.807) is 0 Å². The van der Waals surface area contributed by atoms with Gasteiger partial charge in [0, 0.05) is 28.0 Å². The first-order chi connectivity index (χ1) is 28.2. The van der Waals surface area contributed by atoms with Crippen LogP contribution in [-0.2, 0) is 0 Å². The van der Waals surface area contributed by atoms with Crippen molar-refractivity contribution in [3.05, 3.63) is 231 Å². The number of anilines is 3. The summed E-state index contributed by atoms with van der Waals surface area (Å²) in [7, 11) is 0. The molecule has 10 aromatic rings. The van der Waals surface area contributed by atoms with Gasteiger partial charge < -0.3 is 4.90 Å². The van der Waals surface area contributed by atoms with Gasteiger partial charge in [0.05, 0.1) is 11.2 Å². The molecular formula is C55H38N2. The molecule has 10 rings (SSSR count). The average molecular weight is 727 g/mol. The summed E-state index contributed by atoms with van der Waals surface area (Å²) in [5.41, 5.74) is 15.8.